The third kappa shape index (κ3) is 2.61. The first kappa shape index (κ1) is 16.6. The van der Waals surface area contributed by atoms with E-state index in [2.05, 4.69) is 20.3 Å². The second kappa shape index (κ2) is 6.12. The van der Waals surface area contributed by atoms with Crippen molar-refractivity contribution in [2.24, 2.45) is 0 Å². The van der Waals surface area contributed by atoms with Gasteiger partial charge in [-0.25, -0.2) is 4.63 Å². The maximum absolute atomic E-state index is 13.3. The molecule has 0 saturated carbocycles. The van der Waals surface area contributed by atoms with Gasteiger partial charge in [-0.1, -0.05) is 30.3 Å². The number of carbonyl (C=O) groups excluding carboxylic acids is 2. The number of anilines is 1. The molecule has 0 radical (unpaired) electrons. The zero-order valence-corrected chi connectivity index (χ0v) is 14.5. The van der Waals surface area contributed by atoms with Crippen LogP contribution in [0.4, 0.5) is 5.82 Å². The van der Waals surface area contributed by atoms with Crippen LogP contribution in [0, 0.1) is 0 Å². The zero-order valence-electron chi connectivity index (χ0n) is 14.5. The molecule has 2 aliphatic rings. The Hall–Kier alpha value is -2.90. The van der Waals surface area contributed by atoms with E-state index < -0.39 is 5.54 Å². The molecule has 3 atom stereocenters. The molecule has 1 aromatic carbocycles. The molecular weight excluding hydrogens is 334 g/mol. The SMILES string of the molecule is C[C@]12C[C@@H](c3ccccc3)N(C(=O)c3nonc3N)[C@H]1CCCC(=O)N2. The number of nitrogens with two attached hydrogens (primary N) is 1. The third-order valence-electron chi connectivity index (χ3n) is 5.47. The number of nitrogen functional groups attached to an aromatic ring is 1. The summed E-state index contributed by atoms with van der Waals surface area (Å²) in [6, 6.07) is 9.47. The van der Waals surface area contributed by atoms with Crippen LogP contribution in [-0.2, 0) is 4.79 Å². The third-order valence-corrected chi connectivity index (χ3v) is 5.47. The number of fused-ring (bicyclic) bond motifs is 1. The summed E-state index contributed by atoms with van der Waals surface area (Å²) in [5.41, 5.74) is 6.29. The van der Waals surface area contributed by atoms with Crippen LogP contribution in [0.5, 0.6) is 0 Å². The van der Waals surface area contributed by atoms with Crippen molar-refractivity contribution in [2.45, 2.75) is 50.2 Å². The smallest absolute Gasteiger partial charge is 0.280 e. The van der Waals surface area contributed by atoms with E-state index in [1.807, 2.05) is 37.3 Å². The topological polar surface area (TPSA) is 114 Å². The van der Waals surface area contributed by atoms with E-state index in [-0.39, 0.29) is 35.4 Å². The van der Waals surface area contributed by atoms with Gasteiger partial charge in [-0.05, 0) is 42.1 Å². The van der Waals surface area contributed by atoms with Gasteiger partial charge in [0.25, 0.3) is 5.91 Å². The minimum Gasteiger partial charge on any atom is -0.379 e. The van der Waals surface area contributed by atoms with Gasteiger partial charge in [0, 0.05) is 6.42 Å². The Morgan fingerprint density at radius 1 is 1.35 bits per heavy atom. The van der Waals surface area contributed by atoms with Crippen molar-refractivity contribution in [1.29, 1.82) is 0 Å². The largest absolute Gasteiger partial charge is 0.379 e. The molecule has 8 heteroatoms. The first-order valence-corrected chi connectivity index (χ1v) is 8.76. The fraction of sp³-hybridized carbons (Fsp3) is 0.444. The molecule has 3 heterocycles. The lowest BCUT2D eigenvalue weighted by Gasteiger charge is -2.34. The van der Waals surface area contributed by atoms with Crippen LogP contribution in [0.25, 0.3) is 0 Å². The maximum Gasteiger partial charge on any atom is 0.280 e. The fourth-order valence-electron chi connectivity index (χ4n) is 4.29. The Bertz CT molecular complexity index is 836. The van der Waals surface area contributed by atoms with Crippen molar-refractivity contribution in [3.8, 4) is 0 Å². The van der Waals surface area contributed by atoms with E-state index in [1.165, 1.54) is 0 Å². The average molecular weight is 355 g/mol. The summed E-state index contributed by atoms with van der Waals surface area (Å²) in [6.45, 7) is 2.01. The highest BCUT2D eigenvalue weighted by Crippen LogP contribution is 2.46. The molecule has 2 aliphatic heterocycles. The number of hydrogen-bond donors (Lipinski definition) is 2. The number of aromatic nitrogens is 2. The van der Waals surface area contributed by atoms with Crippen LogP contribution in [0.15, 0.2) is 35.0 Å². The van der Waals surface area contributed by atoms with Gasteiger partial charge in [-0.15, -0.1) is 0 Å². The molecular formula is C18H21N5O3. The van der Waals surface area contributed by atoms with Gasteiger partial charge in [0.05, 0.1) is 17.6 Å². The summed E-state index contributed by atoms with van der Waals surface area (Å²) >= 11 is 0. The van der Waals surface area contributed by atoms with Crippen molar-refractivity contribution < 1.29 is 14.2 Å². The first-order valence-electron chi connectivity index (χ1n) is 8.76. The van der Waals surface area contributed by atoms with Crippen LogP contribution in [-0.4, -0.2) is 38.6 Å². The predicted octanol–water partition coefficient (Wildman–Crippen LogP) is 1.67. The van der Waals surface area contributed by atoms with Crippen molar-refractivity contribution in [2.75, 3.05) is 5.73 Å². The predicted molar refractivity (Wildman–Crippen MR) is 92.9 cm³/mol. The van der Waals surface area contributed by atoms with Gasteiger partial charge >= 0.3 is 0 Å². The molecule has 1 aromatic heterocycles. The second-order valence-corrected chi connectivity index (χ2v) is 7.21. The van der Waals surface area contributed by atoms with Gasteiger partial charge in [-0.2, -0.15) is 0 Å². The van der Waals surface area contributed by atoms with Gasteiger partial charge in [0.1, 0.15) is 0 Å². The Morgan fingerprint density at radius 3 is 2.81 bits per heavy atom. The second-order valence-electron chi connectivity index (χ2n) is 7.21. The highest BCUT2D eigenvalue weighted by Gasteiger charge is 2.53. The number of benzene rings is 1. The van der Waals surface area contributed by atoms with Gasteiger partial charge < -0.3 is 16.0 Å². The molecule has 4 rings (SSSR count). The number of nitrogens with one attached hydrogen (secondary N) is 1. The molecule has 8 nitrogen and oxygen atoms in total. The average Bonchev–Trinajstić information content (AvgIpc) is 3.13. The number of nitrogens with zero attached hydrogens (tertiary/aromatic N) is 3. The van der Waals surface area contributed by atoms with E-state index in [0.717, 1.165) is 18.4 Å². The fourth-order valence-corrected chi connectivity index (χ4v) is 4.29. The van der Waals surface area contributed by atoms with E-state index in [4.69, 9.17) is 5.73 Å². The van der Waals surface area contributed by atoms with E-state index >= 15 is 0 Å². The first-order chi connectivity index (χ1) is 12.5. The van der Waals surface area contributed by atoms with Crippen molar-refractivity contribution in [1.82, 2.24) is 20.5 Å². The molecule has 0 spiro atoms. The van der Waals surface area contributed by atoms with Gasteiger partial charge in [0.15, 0.2) is 0 Å². The lowest BCUT2D eigenvalue weighted by Crippen LogP contribution is -2.54. The molecule has 2 fully saturated rings. The summed E-state index contributed by atoms with van der Waals surface area (Å²) < 4.78 is 4.63. The number of likely N-dealkylation sites (tertiary alicyclic amines) is 1. The quantitative estimate of drug-likeness (QED) is 0.847. The Balaban J connectivity index is 1.79. The zero-order chi connectivity index (χ0) is 18.3. The van der Waals surface area contributed by atoms with Crippen LogP contribution in [0.1, 0.15) is 54.7 Å². The Kier molecular flexibility index (Phi) is 3.90. The minimum absolute atomic E-state index is 0.0192. The summed E-state index contributed by atoms with van der Waals surface area (Å²) in [4.78, 5) is 27.2. The van der Waals surface area contributed by atoms with E-state index in [9.17, 15) is 9.59 Å². The normalized spacial score (nSPS) is 28.3. The van der Waals surface area contributed by atoms with Crippen LogP contribution < -0.4 is 11.1 Å². The summed E-state index contributed by atoms with van der Waals surface area (Å²) in [5, 5.41) is 10.4. The van der Waals surface area contributed by atoms with Crippen molar-refractivity contribution in [3.63, 3.8) is 0 Å². The Morgan fingerprint density at radius 2 is 2.12 bits per heavy atom. The number of hydrogen-bond acceptors (Lipinski definition) is 6. The molecule has 136 valence electrons. The monoisotopic (exact) mass is 355 g/mol. The standard InChI is InChI=1S/C18H21N5O3/c1-18-10-12(11-6-3-2-4-7-11)23(13(18)8-5-9-14(24)20-18)17(25)15-16(19)22-26-21-15/h2-4,6-7,12-13H,5,8-10H2,1H3,(H2,19,22)(H,20,24)/t12-,13-,18-/m0/s1. The van der Waals surface area contributed by atoms with Crippen molar-refractivity contribution in [3.05, 3.63) is 41.6 Å². The molecule has 0 aliphatic carbocycles. The lowest BCUT2D eigenvalue weighted by atomic mass is 9.88. The van der Waals surface area contributed by atoms with Gasteiger partial charge in [-0.3, -0.25) is 9.59 Å². The molecule has 0 bridgehead atoms. The van der Waals surface area contributed by atoms with Gasteiger partial charge in [0.2, 0.25) is 17.4 Å². The lowest BCUT2D eigenvalue weighted by molar-refractivity contribution is -0.122. The van der Waals surface area contributed by atoms with E-state index in [0.29, 0.717) is 12.8 Å². The molecule has 2 saturated heterocycles. The van der Waals surface area contributed by atoms with Crippen LogP contribution >= 0.6 is 0 Å². The van der Waals surface area contributed by atoms with Crippen LogP contribution in [0.3, 0.4) is 0 Å². The van der Waals surface area contributed by atoms with Crippen molar-refractivity contribution >= 4 is 17.6 Å². The number of rotatable bonds is 2. The number of carbonyl (C=O) groups is 2. The number of amides is 2. The Labute approximate surface area is 150 Å². The molecule has 26 heavy (non-hydrogen) atoms. The summed E-state index contributed by atoms with van der Waals surface area (Å²) in [5.74, 6) is -0.311. The molecule has 2 aromatic rings. The highest BCUT2D eigenvalue weighted by atomic mass is 16.6. The molecule has 3 N–H and O–H groups in total. The maximum atomic E-state index is 13.3. The summed E-state index contributed by atoms with van der Waals surface area (Å²) in [6.07, 6.45) is 2.56. The van der Waals surface area contributed by atoms with E-state index in [1.54, 1.807) is 4.90 Å². The molecule has 2 amide bonds. The van der Waals surface area contributed by atoms with Crippen LogP contribution in [0.2, 0.25) is 0 Å². The highest BCUT2D eigenvalue weighted by molar-refractivity contribution is 5.97. The summed E-state index contributed by atoms with van der Waals surface area (Å²) in [7, 11) is 0. The molecule has 0 unspecified atom stereocenters. The minimum atomic E-state index is -0.504.